The Morgan fingerprint density at radius 1 is 1.56 bits per heavy atom. The van der Waals surface area contributed by atoms with E-state index in [9.17, 15) is 4.79 Å². The van der Waals surface area contributed by atoms with Crippen LogP contribution in [0.25, 0.3) is 0 Å². The van der Waals surface area contributed by atoms with Gasteiger partial charge in [-0.25, -0.2) is 4.79 Å². The number of nitrogens with zero attached hydrogens (tertiary/aromatic N) is 2. The zero-order valence-electron chi connectivity index (χ0n) is 8.77. The van der Waals surface area contributed by atoms with Crippen LogP contribution in [0.15, 0.2) is 0 Å². The van der Waals surface area contributed by atoms with Crippen molar-refractivity contribution in [2.24, 2.45) is 0 Å². The third kappa shape index (κ3) is 1.34. The Kier molecular flexibility index (Phi) is 2.19. The van der Waals surface area contributed by atoms with Gasteiger partial charge in [-0.3, -0.25) is 4.68 Å². The summed E-state index contributed by atoms with van der Waals surface area (Å²) >= 11 is 0. The molecule has 3 heterocycles. The number of ether oxygens (including phenoxy) is 1. The van der Waals surface area contributed by atoms with Gasteiger partial charge in [0, 0.05) is 25.1 Å². The highest BCUT2D eigenvalue weighted by Crippen LogP contribution is 2.25. The standard InChI is InChI=1S/C10H13N3O3/c14-10(15)9-7-1-2-16-5-8(7)13(12-9)6-3-11-4-6/h6,11H,1-5H2,(H,14,15). The van der Waals surface area contributed by atoms with E-state index in [1.165, 1.54) is 0 Å². The Hall–Kier alpha value is -1.40. The Bertz CT molecular complexity index is 437. The lowest BCUT2D eigenvalue weighted by Crippen LogP contribution is -2.44. The average Bonchev–Trinajstić information content (AvgIpc) is 2.56. The van der Waals surface area contributed by atoms with Gasteiger partial charge in [0.25, 0.3) is 0 Å². The molecule has 2 aliphatic rings. The molecule has 1 fully saturated rings. The lowest BCUT2D eigenvalue weighted by molar-refractivity contribution is 0.0686. The number of hydrogen-bond donors (Lipinski definition) is 2. The van der Waals surface area contributed by atoms with E-state index in [0.717, 1.165) is 24.3 Å². The van der Waals surface area contributed by atoms with Crippen LogP contribution in [0.2, 0.25) is 0 Å². The average molecular weight is 223 g/mol. The summed E-state index contributed by atoms with van der Waals surface area (Å²) in [5, 5.41) is 16.5. The minimum atomic E-state index is -0.941. The lowest BCUT2D eigenvalue weighted by Gasteiger charge is -2.29. The molecule has 16 heavy (non-hydrogen) atoms. The maximum absolute atomic E-state index is 11.1. The molecular formula is C10H13N3O3. The molecule has 6 heteroatoms. The third-order valence-electron chi connectivity index (χ3n) is 3.16. The zero-order chi connectivity index (χ0) is 11.1. The van der Waals surface area contributed by atoms with Gasteiger partial charge in [0.1, 0.15) is 0 Å². The number of carboxylic acids is 1. The largest absolute Gasteiger partial charge is 0.476 e. The fourth-order valence-corrected chi connectivity index (χ4v) is 2.18. The van der Waals surface area contributed by atoms with Gasteiger partial charge in [0.2, 0.25) is 0 Å². The van der Waals surface area contributed by atoms with E-state index in [2.05, 4.69) is 10.4 Å². The Labute approximate surface area is 92.2 Å². The zero-order valence-corrected chi connectivity index (χ0v) is 8.77. The number of hydrogen-bond acceptors (Lipinski definition) is 4. The summed E-state index contributed by atoms with van der Waals surface area (Å²) in [6.07, 6.45) is 0.650. The van der Waals surface area contributed by atoms with Gasteiger partial charge in [-0.05, 0) is 0 Å². The van der Waals surface area contributed by atoms with E-state index < -0.39 is 5.97 Å². The predicted molar refractivity (Wildman–Crippen MR) is 54.5 cm³/mol. The van der Waals surface area contributed by atoms with Crippen LogP contribution in [0.4, 0.5) is 0 Å². The summed E-state index contributed by atoms with van der Waals surface area (Å²) in [7, 11) is 0. The van der Waals surface area contributed by atoms with E-state index in [1.54, 1.807) is 0 Å². The highest BCUT2D eigenvalue weighted by Gasteiger charge is 2.30. The molecule has 1 aromatic rings. The summed E-state index contributed by atoms with van der Waals surface area (Å²) in [5.41, 5.74) is 1.99. The number of carboxylic acid groups (broad SMARTS) is 1. The maximum Gasteiger partial charge on any atom is 0.356 e. The van der Waals surface area contributed by atoms with Crippen molar-refractivity contribution in [2.45, 2.75) is 19.1 Å². The highest BCUT2D eigenvalue weighted by atomic mass is 16.5. The number of rotatable bonds is 2. The summed E-state index contributed by atoms with van der Waals surface area (Å²) in [5.74, 6) is -0.941. The Morgan fingerprint density at radius 2 is 2.38 bits per heavy atom. The summed E-state index contributed by atoms with van der Waals surface area (Å²) < 4.78 is 7.20. The summed E-state index contributed by atoms with van der Waals surface area (Å²) in [6, 6.07) is 0.281. The smallest absolute Gasteiger partial charge is 0.356 e. The molecule has 6 nitrogen and oxygen atoms in total. The second kappa shape index (κ2) is 3.57. The molecule has 0 aliphatic carbocycles. The molecule has 1 aromatic heterocycles. The Morgan fingerprint density at radius 3 is 3.00 bits per heavy atom. The van der Waals surface area contributed by atoms with Crippen LogP contribution in [0.1, 0.15) is 27.8 Å². The van der Waals surface area contributed by atoms with Crippen molar-refractivity contribution in [3.63, 3.8) is 0 Å². The van der Waals surface area contributed by atoms with Crippen molar-refractivity contribution in [3.8, 4) is 0 Å². The maximum atomic E-state index is 11.1. The first-order valence-corrected chi connectivity index (χ1v) is 5.39. The van der Waals surface area contributed by atoms with E-state index in [0.29, 0.717) is 19.6 Å². The Balaban J connectivity index is 2.07. The molecule has 0 radical (unpaired) electrons. The second-order valence-corrected chi connectivity index (χ2v) is 4.14. The number of nitrogens with one attached hydrogen (secondary N) is 1. The molecule has 2 aliphatic heterocycles. The predicted octanol–water partition coefficient (Wildman–Crippen LogP) is -0.202. The van der Waals surface area contributed by atoms with Gasteiger partial charge in [0.05, 0.1) is 24.9 Å². The number of aromatic nitrogens is 2. The van der Waals surface area contributed by atoms with Crippen molar-refractivity contribution >= 4 is 5.97 Å². The van der Waals surface area contributed by atoms with E-state index in [-0.39, 0.29) is 11.7 Å². The molecule has 0 saturated carbocycles. The fourth-order valence-electron chi connectivity index (χ4n) is 2.18. The second-order valence-electron chi connectivity index (χ2n) is 4.14. The van der Waals surface area contributed by atoms with E-state index >= 15 is 0 Å². The summed E-state index contributed by atoms with van der Waals surface area (Å²) in [4.78, 5) is 11.1. The summed E-state index contributed by atoms with van der Waals surface area (Å²) in [6.45, 7) is 2.77. The van der Waals surface area contributed by atoms with Crippen LogP contribution in [0.5, 0.6) is 0 Å². The van der Waals surface area contributed by atoms with Gasteiger partial charge >= 0.3 is 5.97 Å². The molecule has 0 spiro atoms. The van der Waals surface area contributed by atoms with E-state index in [4.69, 9.17) is 9.84 Å². The van der Waals surface area contributed by atoms with Crippen LogP contribution >= 0.6 is 0 Å². The molecule has 1 saturated heterocycles. The number of fused-ring (bicyclic) bond motifs is 1. The first-order valence-electron chi connectivity index (χ1n) is 5.39. The normalized spacial score (nSPS) is 20.2. The minimum absolute atomic E-state index is 0.199. The molecule has 3 rings (SSSR count). The van der Waals surface area contributed by atoms with E-state index in [1.807, 2.05) is 4.68 Å². The van der Waals surface area contributed by atoms with Crippen molar-refractivity contribution in [1.29, 1.82) is 0 Å². The molecule has 0 atom stereocenters. The van der Waals surface area contributed by atoms with Crippen molar-refractivity contribution in [2.75, 3.05) is 19.7 Å². The molecular weight excluding hydrogens is 210 g/mol. The lowest BCUT2D eigenvalue weighted by atomic mass is 10.1. The molecule has 0 aromatic carbocycles. The first kappa shape index (κ1) is 9.80. The number of aromatic carboxylic acids is 1. The van der Waals surface area contributed by atoms with Gasteiger partial charge < -0.3 is 15.2 Å². The topological polar surface area (TPSA) is 76.4 Å². The van der Waals surface area contributed by atoms with Crippen molar-refractivity contribution in [1.82, 2.24) is 15.1 Å². The van der Waals surface area contributed by atoms with Gasteiger partial charge in [-0.15, -0.1) is 0 Å². The van der Waals surface area contributed by atoms with Crippen molar-refractivity contribution in [3.05, 3.63) is 17.0 Å². The van der Waals surface area contributed by atoms with Crippen LogP contribution in [0.3, 0.4) is 0 Å². The van der Waals surface area contributed by atoms with Crippen LogP contribution in [0, 0.1) is 0 Å². The van der Waals surface area contributed by atoms with Gasteiger partial charge in [-0.2, -0.15) is 5.10 Å². The van der Waals surface area contributed by atoms with Crippen LogP contribution in [-0.4, -0.2) is 40.6 Å². The molecule has 2 N–H and O–H groups in total. The SMILES string of the molecule is O=C(O)c1nn(C2CNC2)c2c1CCOC2. The van der Waals surface area contributed by atoms with Crippen molar-refractivity contribution < 1.29 is 14.6 Å². The first-order chi connectivity index (χ1) is 7.77. The minimum Gasteiger partial charge on any atom is -0.476 e. The fraction of sp³-hybridized carbons (Fsp3) is 0.600. The van der Waals surface area contributed by atoms with Gasteiger partial charge in [-0.1, -0.05) is 0 Å². The quantitative estimate of drug-likeness (QED) is 0.726. The third-order valence-corrected chi connectivity index (χ3v) is 3.16. The van der Waals surface area contributed by atoms with Crippen LogP contribution in [-0.2, 0) is 17.8 Å². The monoisotopic (exact) mass is 223 g/mol. The molecule has 86 valence electrons. The number of carbonyl (C=O) groups is 1. The van der Waals surface area contributed by atoms with Crippen LogP contribution < -0.4 is 5.32 Å². The van der Waals surface area contributed by atoms with Gasteiger partial charge in [0.15, 0.2) is 5.69 Å². The molecule has 0 unspecified atom stereocenters. The molecule has 0 bridgehead atoms. The highest BCUT2D eigenvalue weighted by molar-refractivity contribution is 5.87. The molecule has 0 amide bonds.